The minimum absolute atomic E-state index is 0.000870. The van der Waals surface area contributed by atoms with E-state index in [0.29, 0.717) is 5.69 Å². The Hall–Kier alpha value is -3.03. The zero-order valence-electron chi connectivity index (χ0n) is 14.0. The molecule has 5 nitrogen and oxygen atoms in total. The average Bonchev–Trinajstić information content (AvgIpc) is 2.55. The number of carbonyl (C=O) groups is 2. The van der Waals surface area contributed by atoms with Crippen molar-refractivity contribution in [2.24, 2.45) is 0 Å². The van der Waals surface area contributed by atoms with Crippen LogP contribution in [0.4, 0.5) is 18.9 Å². The summed E-state index contributed by atoms with van der Waals surface area (Å²) in [5.41, 5.74) is 2.43. The van der Waals surface area contributed by atoms with Gasteiger partial charge < -0.3 is 14.8 Å². The Morgan fingerprint density at radius 2 is 1.69 bits per heavy atom. The SMILES string of the molecule is Cc1ccc(C)c(NC(=O)COC(=O)c2ccc(OC(F)(F)F)cc2)c1. The van der Waals surface area contributed by atoms with Gasteiger partial charge >= 0.3 is 12.3 Å². The molecule has 0 saturated heterocycles. The highest BCUT2D eigenvalue weighted by molar-refractivity contribution is 5.96. The molecule has 1 amide bonds. The number of hydrogen-bond acceptors (Lipinski definition) is 4. The van der Waals surface area contributed by atoms with Crippen LogP contribution in [0.3, 0.4) is 0 Å². The molecule has 26 heavy (non-hydrogen) atoms. The molecule has 0 saturated carbocycles. The average molecular weight is 367 g/mol. The first-order valence-corrected chi connectivity index (χ1v) is 7.54. The van der Waals surface area contributed by atoms with Crippen LogP contribution in [0.5, 0.6) is 5.75 Å². The Balaban J connectivity index is 1.89. The molecule has 0 fully saturated rings. The quantitative estimate of drug-likeness (QED) is 0.812. The topological polar surface area (TPSA) is 64.6 Å². The van der Waals surface area contributed by atoms with Gasteiger partial charge in [-0.2, -0.15) is 0 Å². The summed E-state index contributed by atoms with van der Waals surface area (Å²) in [6.07, 6.45) is -4.81. The van der Waals surface area contributed by atoms with Crippen molar-refractivity contribution in [1.82, 2.24) is 0 Å². The maximum Gasteiger partial charge on any atom is 0.573 e. The third-order valence-electron chi connectivity index (χ3n) is 3.33. The standard InChI is InChI=1S/C18H16F3NO4/c1-11-3-4-12(2)15(9-11)22-16(23)10-25-17(24)13-5-7-14(8-6-13)26-18(19,20)21/h3-9H,10H2,1-2H3,(H,22,23). The molecule has 2 aromatic carbocycles. The van der Waals surface area contributed by atoms with Crippen LogP contribution < -0.4 is 10.1 Å². The van der Waals surface area contributed by atoms with Gasteiger partial charge in [0, 0.05) is 5.69 Å². The molecule has 2 rings (SSSR count). The van der Waals surface area contributed by atoms with Crippen LogP contribution in [0.15, 0.2) is 42.5 Å². The third-order valence-corrected chi connectivity index (χ3v) is 3.33. The van der Waals surface area contributed by atoms with Crippen molar-refractivity contribution >= 4 is 17.6 Å². The van der Waals surface area contributed by atoms with Gasteiger partial charge in [-0.15, -0.1) is 13.2 Å². The minimum atomic E-state index is -4.81. The van der Waals surface area contributed by atoms with Gasteiger partial charge in [-0.3, -0.25) is 4.79 Å². The lowest BCUT2D eigenvalue weighted by Gasteiger charge is -2.10. The first kappa shape index (κ1) is 19.3. The number of nitrogens with one attached hydrogen (secondary N) is 1. The van der Waals surface area contributed by atoms with Gasteiger partial charge in [0.15, 0.2) is 6.61 Å². The summed E-state index contributed by atoms with van der Waals surface area (Å²) < 4.78 is 44.8. The first-order chi connectivity index (χ1) is 12.1. The summed E-state index contributed by atoms with van der Waals surface area (Å²) in [4.78, 5) is 23.7. The number of anilines is 1. The number of ether oxygens (including phenoxy) is 2. The number of halogens is 3. The molecule has 1 N–H and O–H groups in total. The molecule has 0 heterocycles. The van der Waals surface area contributed by atoms with Crippen molar-refractivity contribution in [1.29, 1.82) is 0 Å². The first-order valence-electron chi connectivity index (χ1n) is 7.54. The number of hydrogen-bond donors (Lipinski definition) is 1. The van der Waals surface area contributed by atoms with E-state index in [0.717, 1.165) is 35.4 Å². The molecule has 0 aliphatic rings. The van der Waals surface area contributed by atoms with Crippen LogP contribution in [0.1, 0.15) is 21.5 Å². The lowest BCUT2D eigenvalue weighted by molar-refractivity contribution is -0.274. The fourth-order valence-electron chi connectivity index (χ4n) is 2.06. The van der Waals surface area contributed by atoms with Crippen molar-refractivity contribution in [2.45, 2.75) is 20.2 Å². The Morgan fingerprint density at radius 1 is 1.04 bits per heavy atom. The number of alkyl halides is 3. The fraction of sp³-hybridized carbons (Fsp3) is 0.222. The van der Waals surface area contributed by atoms with Gasteiger partial charge in [0.05, 0.1) is 5.56 Å². The molecule has 0 spiro atoms. The maximum atomic E-state index is 12.1. The van der Waals surface area contributed by atoms with Gasteiger partial charge in [-0.25, -0.2) is 4.79 Å². The second-order valence-corrected chi connectivity index (χ2v) is 5.51. The number of amides is 1. The van der Waals surface area contributed by atoms with E-state index in [2.05, 4.69) is 10.1 Å². The molecule has 0 radical (unpaired) electrons. The van der Waals surface area contributed by atoms with Crippen molar-refractivity contribution in [3.8, 4) is 5.75 Å². The maximum absolute atomic E-state index is 12.1. The highest BCUT2D eigenvalue weighted by atomic mass is 19.4. The smallest absolute Gasteiger partial charge is 0.452 e. The summed E-state index contributed by atoms with van der Waals surface area (Å²) in [6, 6.07) is 9.74. The number of carbonyl (C=O) groups excluding carboxylic acids is 2. The van der Waals surface area contributed by atoms with E-state index in [9.17, 15) is 22.8 Å². The highest BCUT2D eigenvalue weighted by Gasteiger charge is 2.31. The Labute approximate surface area is 147 Å². The number of esters is 1. The van der Waals surface area contributed by atoms with Gasteiger partial charge in [0.25, 0.3) is 5.91 Å². The summed E-state index contributed by atoms with van der Waals surface area (Å²) >= 11 is 0. The molecular weight excluding hydrogens is 351 g/mol. The van der Waals surface area contributed by atoms with Crippen molar-refractivity contribution < 1.29 is 32.2 Å². The van der Waals surface area contributed by atoms with Crippen LogP contribution in [0.25, 0.3) is 0 Å². The lowest BCUT2D eigenvalue weighted by atomic mass is 10.1. The van der Waals surface area contributed by atoms with Gasteiger partial charge in [-0.1, -0.05) is 12.1 Å². The minimum Gasteiger partial charge on any atom is -0.452 e. The van der Waals surface area contributed by atoms with E-state index < -0.39 is 30.6 Å². The molecule has 0 aliphatic carbocycles. The zero-order chi connectivity index (χ0) is 19.3. The molecular formula is C18H16F3NO4. The molecule has 8 heteroatoms. The van der Waals surface area contributed by atoms with Gasteiger partial charge in [0.2, 0.25) is 0 Å². The Kier molecular flexibility index (Phi) is 5.86. The van der Waals surface area contributed by atoms with Crippen LogP contribution >= 0.6 is 0 Å². The monoisotopic (exact) mass is 367 g/mol. The number of benzene rings is 2. The van der Waals surface area contributed by atoms with E-state index in [1.165, 1.54) is 0 Å². The summed E-state index contributed by atoms with van der Waals surface area (Å²) in [5, 5.41) is 2.63. The summed E-state index contributed by atoms with van der Waals surface area (Å²) in [7, 11) is 0. The van der Waals surface area contributed by atoms with E-state index in [4.69, 9.17) is 4.74 Å². The van der Waals surface area contributed by atoms with E-state index in [1.807, 2.05) is 26.0 Å². The van der Waals surface area contributed by atoms with Gasteiger partial charge in [-0.05, 0) is 55.3 Å². The third kappa shape index (κ3) is 5.80. The predicted octanol–water partition coefficient (Wildman–Crippen LogP) is 4.00. The predicted molar refractivity (Wildman–Crippen MR) is 88.0 cm³/mol. The molecule has 0 unspecified atom stereocenters. The van der Waals surface area contributed by atoms with Crippen LogP contribution in [-0.2, 0) is 9.53 Å². The summed E-state index contributed by atoms with van der Waals surface area (Å²) in [5.74, 6) is -1.81. The highest BCUT2D eigenvalue weighted by Crippen LogP contribution is 2.23. The number of aryl methyl sites for hydroxylation is 2. The second-order valence-electron chi connectivity index (χ2n) is 5.51. The second kappa shape index (κ2) is 7.90. The molecule has 0 bridgehead atoms. The molecule has 0 atom stereocenters. The fourth-order valence-corrected chi connectivity index (χ4v) is 2.06. The van der Waals surface area contributed by atoms with E-state index in [-0.39, 0.29) is 5.56 Å². The Bertz CT molecular complexity index is 801. The molecule has 138 valence electrons. The van der Waals surface area contributed by atoms with Crippen LogP contribution in [-0.4, -0.2) is 24.8 Å². The van der Waals surface area contributed by atoms with Crippen LogP contribution in [0.2, 0.25) is 0 Å². The lowest BCUT2D eigenvalue weighted by Crippen LogP contribution is -2.21. The molecule has 0 aromatic heterocycles. The van der Waals surface area contributed by atoms with Crippen molar-refractivity contribution in [3.05, 3.63) is 59.2 Å². The van der Waals surface area contributed by atoms with Crippen molar-refractivity contribution in [3.63, 3.8) is 0 Å². The van der Waals surface area contributed by atoms with Crippen LogP contribution in [0, 0.1) is 13.8 Å². The summed E-state index contributed by atoms with van der Waals surface area (Å²) in [6.45, 7) is 3.18. The van der Waals surface area contributed by atoms with Crippen molar-refractivity contribution in [2.75, 3.05) is 11.9 Å². The zero-order valence-corrected chi connectivity index (χ0v) is 14.0. The molecule has 0 aliphatic heterocycles. The molecule has 2 aromatic rings. The Morgan fingerprint density at radius 3 is 2.31 bits per heavy atom. The number of rotatable bonds is 5. The largest absolute Gasteiger partial charge is 0.573 e. The van der Waals surface area contributed by atoms with E-state index >= 15 is 0 Å². The van der Waals surface area contributed by atoms with Gasteiger partial charge in [0.1, 0.15) is 5.75 Å². The van der Waals surface area contributed by atoms with E-state index in [1.54, 1.807) is 6.07 Å². The normalized spacial score (nSPS) is 11.0.